The van der Waals surface area contributed by atoms with E-state index in [4.69, 9.17) is 21.1 Å². The van der Waals surface area contributed by atoms with Crippen molar-refractivity contribution in [1.29, 1.82) is 0 Å². The lowest BCUT2D eigenvalue weighted by molar-refractivity contribution is -0.154. The number of benzene rings is 3. The molecular formula is C36H34ClF4N7O6. The summed E-state index contributed by atoms with van der Waals surface area (Å²) in [6.45, 7) is -1.55. The number of esters is 1. The van der Waals surface area contributed by atoms with E-state index in [1.165, 1.54) is 42.5 Å². The molecule has 4 N–H and O–H groups in total. The van der Waals surface area contributed by atoms with Gasteiger partial charge in [-0.1, -0.05) is 35.9 Å². The Labute approximate surface area is 311 Å². The van der Waals surface area contributed by atoms with Gasteiger partial charge in [-0.3, -0.25) is 14.4 Å². The zero-order valence-electron chi connectivity index (χ0n) is 28.6. The fourth-order valence-corrected chi connectivity index (χ4v) is 5.37. The van der Waals surface area contributed by atoms with Crippen LogP contribution in [0.5, 0.6) is 6.01 Å². The number of ether oxygens (including phenoxy) is 2. The van der Waals surface area contributed by atoms with Crippen molar-refractivity contribution in [2.24, 2.45) is 0 Å². The van der Waals surface area contributed by atoms with Crippen molar-refractivity contribution in [2.45, 2.75) is 49.9 Å². The highest BCUT2D eigenvalue weighted by atomic mass is 35.5. The number of nitrogens with zero attached hydrogens (tertiary/aromatic N) is 3. The van der Waals surface area contributed by atoms with Crippen LogP contribution in [-0.4, -0.2) is 71.0 Å². The molecule has 2 amide bonds. The van der Waals surface area contributed by atoms with Gasteiger partial charge < -0.3 is 30.7 Å². The number of hydrogen-bond donors (Lipinski definition) is 4. The molecule has 284 valence electrons. The van der Waals surface area contributed by atoms with Gasteiger partial charge in [0.05, 0.1) is 12.6 Å². The number of Topliss-reactive ketones (excluding diaryl/α,β-unsaturated/α-hetero) is 1. The van der Waals surface area contributed by atoms with Crippen LogP contribution >= 0.6 is 11.6 Å². The van der Waals surface area contributed by atoms with Crippen LogP contribution in [0.15, 0.2) is 72.8 Å². The van der Waals surface area contributed by atoms with Gasteiger partial charge >= 0.3 is 18.2 Å². The van der Waals surface area contributed by atoms with Gasteiger partial charge in [0.15, 0.2) is 6.61 Å². The van der Waals surface area contributed by atoms with E-state index in [0.717, 1.165) is 12.7 Å². The molecule has 1 saturated carbocycles. The summed E-state index contributed by atoms with van der Waals surface area (Å²) in [5.74, 6) is -3.87. The third-order valence-electron chi connectivity index (χ3n) is 8.17. The Kier molecular flexibility index (Phi) is 12.6. The number of carbonyl (C=O) groups excluding carboxylic acids is 4. The highest BCUT2D eigenvalue weighted by molar-refractivity contribution is 6.36. The minimum atomic E-state index is -4.64. The van der Waals surface area contributed by atoms with Gasteiger partial charge in [0.25, 0.3) is 11.8 Å². The molecule has 54 heavy (non-hydrogen) atoms. The number of alkyl halides is 3. The number of aromatic nitrogens is 3. The highest BCUT2D eigenvalue weighted by Crippen LogP contribution is 2.48. The molecular weight excluding hydrogens is 738 g/mol. The molecule has 1 fully saturated rings. The van der Waals surface area contributed by atoms with Crippen LogP contribution in [0.3, 0.4) is 0 Å². The van der Waals surface area contributed by atoms with E-state index in [0.29, 0.717) is 35.5 Å². The molecule has 0 aliphatic heterocycles. The number of ketones is 1. The maximum Gasteiger partial charge on any atom is 0.422 e. The maximum absolute atomic E-state index is 13.4. The summed E-state index contributed by atoms with van der Waals surface area (Å²) in [6.07, 6.45) is -3.56. The second kappa shape index (κ2) is 17.3. The summed E-state index contributed by atoms with van der Waals surface area (Å²) in [4.78, 5) is 62.5. The van der Waals surface area contributed by atoms with E-state index in [2.05, 4.69) is 36.2 Å². The Hall–Kier alpha value is -5.84. The van der Waals surface area contributed by atoms with Crippen LogP contribution in [0, 0.1) is 5.82 Å². The quantitative estimate of drug-likeness (QED) is 0.0613. The van der Waals surface area contributed by atoms with Gasteiger partial charge in [0.1, 0.15) is 11.9 Å². The number of carbonyl (C=O) groups is 4. The molecule has 0 unspecified atom stereocenters. The van der Waals surface area contributed by atoms with Gasteiger partial charge in [0, 0.05) is 29.2 Å². The number of hydrogen-bond acceptors (Lipinski definition) is 11. The van der Waals surface area contributed by atoms with Crippen molar-refractivity contribution in [3.05, 3.63) is 100 Å². The maximum atomic E-state index is 13.4. The first-order valence-corrected chi connectivity index (χ1v) is 16.9. The summed E-state index contributed by atoms with van der Waals surface area (Å²) >= 11 is 6.02. The van der Waals surface area contributed by atoms with Crippen LogP contribution < -0.4 is 26.0 Å². The SMILES string of the molecule is COC(=O)[C@H](CCC(=O)C(=O)NCCc1cccc(F)c1)NC(=O)c1ccc(Nc2nc(NC3(c4ccc(Cl)cc4)CC3)nc(OCC(F)(F)F)n2)cc1. The van der Waals surface area contributed by atoms with Crippen LogP contribution in [-0.2, 0) is 31.1 Å². The van der Waals surface area contributed by atoms with E-state index >= 15 is 0 Å². The Bertz CT molecular complexity index is 1980. The zero-order chi connectivity index (χ0) is 38.9. The third kappa shape index (κ3) is 11.3. The molecule has 18 heteroatoms. The fourth-order valence-electron chi connectivity index (χ4n) is 5.24. The molecule has 1 heterocycles. The van der Waals surface area contributed by atoms with Crippen LogP contribution in [0.2, 0.25) is 5.02 Å². The Balaban J connectivity index is 1.20. The van der Waals surface area contributed by atoms with E-state index in [-0.39, 0.29) is 36.8 Å². The molecule has 1 aromatic heterocycles. The third-order valence-corrected chi connectivity index (χ3v) is 8.43. The van der Waals surface area contributed by atoms with Gasteiger partial charge in [-0.05, 0) is 85.3 Å². The number of amides is 2. The average molecular weight is 772 g/mol. The summed E-state index contributed by atoms with van der Waals surface area (Å²) in [5.41, 5.74) is 1.39. The van der Waals surface area contributed by atoms with Gasteiger partial charge in [-0.25, -0.2) is 9.18 Å². The lowest BCUT2D eigenvalue weighted by atomic mass is 10.1. The molecule has 1 aliphatic carbocycles. The summed E-state index contributed by atoms with van der Waals surface area (Å²) in [6, 6.07) is 16.8. The average Bonchev–Trinajstić information content (AvgIpc) is 3.92. The number of anilines is 3. The number of rotatable bonds is 17. The van der Waals surface area contributed by atoms with Crippen LogP contribution in [0.25, 0.3) is 0 Å². The molecule has 0 saturated heterocycles. The Morgan fingerprint density at radius 1 is 0.944 bits per heavy atom. The normalized spacial score (nSPS) is 13.6. The first kappa shape index (κ1) is 39.4. The molecule has 0 radical (unpaired) electrons. The topological polar surface area (TPSA) is 174 Å². The van der Waals surface area contributed by atoms with Crippen molar-refractivity contribution in [3.8, 4) is 6.01 Å². The zero-order valence-corrected chi connectivity index (χ0v) is 29.4. The molecule has 1 aliphatic rings. The molecule has 13 nitrogen and oxygen atoms in total. The minimum absolute atomic E-state index is 0.0400. The molecule has 4 aromatic rings. The molecule has 1 atom stereocenters. The molecule has 3 aromatic carbocycles. The van der Waals surface area contributed by atoms with Crippen molar-refractivity contribution < 1.29 is 46.2 Å². The second-order valence-electron chi connectivity index (χ2n) is 12.2. The number of methoxy groups -OCH3 is 1. The van der Waals surface area contributed by atoms with Crippen molar-refractivity contribution >= 4 is 52.8 Å². The lowest BCUT2D eigenvalue weighted by Crippen LogP contribution is -2.42. The first-order valence-electron chi connectivity index (χ1n) is 16.5. The highest BCUT2D eigenvalue weighted by Gasteiger charge is 2.45. The first-order chi connectivity index (χ1) is 25.7. The van der Waals surface area contributed by atoms with Crippen molar-refractivity contribution in [3.63, 3.8) is 0 Å². The number of halogens is 5. The monoisotopic (exact) mass is 771 g/mol. The lowest BCUT2D eigenvalue weighted by Gasteiger charge is -2.19. The molecule has 5 rings (SSSR count). The smallest absolute Gasteiger partial charge is 0.422 e. The van der Waals surface area contributed by atoms with Crippen molar-refractivity contribution in [2.75, 3.05) is 30.9 Å². The predicted octanol–water partition coefficient (Wildman–Crippen LogP) is 5.43. The Morgan fingerprint density at radius 2 is 1.65 bits per heavy atom. The minimum Gasteiger partial charge on any atom is -0.467 e. The largest absolute Gasteiger partial charge is 0.467 e. The van der Waals surface area contributed by atoms with E-state index in [1.54, 1.807) is 18.2 Å². The molecule has 0 bridgehead atoms. The summed E-state index contributed by atoms with van der Waals surface area (Å²) in [5, 5.41) is 11.5. The standard InChI is InChI=1S/C36H34ClF4N7O6/c1-53-31(52)27(13-14-28(49)30(51)42-18-15-21-3-2-4-25(38)19-21)44-29(50)22-5-11-26(12-6-22)43-32-45-33(47-34(46-32)54-20-36(39,40)41)48-35(16-17-35)23-7-9-24(37)10-8-23/h2-12,19,27H,13-18,20H2,1H3,(H,42,51)(H,44,50)(H2,43,45,46,47,48)/t27-/m0/s1. The Morgan fingerprint density at radius 3 is 2.30 bits per heavy atom. The van der Waals surface area contributed by atoms with E-state index < -0.39 is 59.8 Å². The van der Waals surface area contributed by atoms with Gasteiger partial charge in [0.2, 0.25) is 17.7 Å². The van der Waals surface area contributed by atoms with E-state index in [1.807, 2.05) is 12.1 Å². The van der Waals surface area contributed by atoms with Gasteiger partial charge in [-0.15, -0.1) is 0 Å². The molecule has 0 spiro atoms. The van der Waals surface area contributed by atoms with Crippen LogP contribution in [0.1, 0.15) is 47.2 Å². The van der Waals surface area contributed by atoms with Gasteiger partial charge in [-0.2, -0.15) is 28.1 Å². The summed E-state index contributed by atoms with van der Waals surface area (Å²) < 4.78 is 61.8. The number of nitrogens with one attached hydrogen (secondary N) is 4. The van der Waals surface area contributed by atoms with Crippen LogP contribution in [0.4, 0.5) is 35.1 Å². The predicted molar refractivity (Wildman–Crippen MR) is 188 cm³/mol. The van der Waals surface area contributed by atoms with E-state index in [9.17, 15) is 36.7 Å². The van der Waals surface area contributed by atoms with Crippen molar-refractivity contribution in [1.82, 2.24) is 25.6 Å². The second-order valence-corrected chi connectivity index (χ2v) is 12.7. The summed E-state index contributed by atoms with van der Waals surface area (Å²) in [7, 11) is 1.10. The fraction of sp³-hybridized carbons (Fsp3) is 0.306.